The molecule has 25 heavy (non-hydrogen) atoms. The molecule has 2 aromatic heterocycles. The van der Waals surface area contributed by atoms with Crippen LogP contribution < -0.4 is 10.2 Å². The summed E-state index contributed by atoms with van der Waals surface area (Å²) in [5.74, 6) is 1.53. The Morgan fingerprint density at radius 1 is 1.00 bits per heavy atom. The molecule has 1 aromatic carbocycles. The summed E-state index contributed by atoms with van der Waals surface area (Å²) in [6, 6.07) is 10.2. The summed E-state index contributed by atoms with van der Waals surface area (Å²) in [5, 5.41) is 11.1. The Balaban J connectivity index is 1.63. The van der Waals surface area contributed by atoms with Gasteiger partial charge in [0.2, 0.25) is 11.3 Å². The average molecular weight is 339 g/mol. The highest BCUT2D eigenvalue weighted by Gasteiger charge is 2.20. The lowest BCUT2D eigenvalue weighted by Crippen LogP contribution is -2.30. The molecular weight excluding hydrogens is 318 g/mol. The molecular formula is C17H21N7O. The summed E-state index contributed by atoms with van der Waals surface area (Å²) in [6.45, 7) is 4.60. The monoisotopic (exact) mass is 339 g/mol. The van der Waals surface area contributed by atoms with Gasteiger partial charge in [-0.1, -0.05) is 30.3 Å². The molecule has 3 aromatic rings. The summed E-state index contributed by atoms with van der Waals surface area (Å²) >= 11 is 0. The van der Waals surface area contributed by atoms with E-state index in [4.69, 9.17) is 4.63 Å². The molecule has 1 N–H and O–H groups in total. The first kappa shape index (κ1) is 15.8. The largest absolute Gasteiger partial charge is 0.363 e. The van der Waals surface area contributed by atoms with Crippen LogP contribution in [-0.2, 0) is 6.54 Å². The van der Waals surface area contributed by atoms with Crippen LogP contribution in [0.3, 0.4) is 0 Å². The zero-order valence-corrected chi connectivity index (χ0v) is 14.2. The van der Waals surface area contributed by atoms with E-state index in [0.717, 1.165) is 44.2 Å². The van der Waals surface area contributed by atoms with Crippen molar-refractivity contribution in [3.63, 3.8) is 0 Å². The van der Waals surface area contributed by atoms with Crippen LogP contribution in [0.25, 0.3) is 11.3 Å². The quantitative estimate of drug-likeness (QED) is 0.770. The van der Waals surface area contributed by atoms with Crippen molar-refractivity contribution < 1.29 is 4.63 Å². The minimum atomic E-state index is 0.422. The van der Waals surface area contributed by atoms with Gasteiger partial charge in [-0.2, -0.15) is 0 Å². The van der Waals surface area contributed by atoms with Crippen LogP contribution in [0.1, 0.15) is 12.0 Å². The SMILES string of the molecule is CN1CCCN(c2nc3nonc3nc2NCc2ccccc2)CC1. The fourth-order valence-corrected chi connectivity index (χ4v) is 3.01. The number of rotatable bonds is 4. The molecule has 0 unspecified atom stereocenters. The zero-order chi connectivity index (χ0) is 17.1. The number of hydrogen-bond donors (Lipinski definition) is 1. The average Bonchev–Trinajstić information content (AvgIpc) is 2.99. The van der Waals surface area contributed by atoms with Crippen LogP contribution in [-0.4, -0.2) is 58.4 Å². The fraction of sp³-hybridized carbons (Fsp3) is 0.412. The number of anilines is 2. The van der Waals surface area contributed by atoms with Crippen LogP contribution in [0.4, 0.5) is 11.6 Å². The van der Waals surface area contributed by atoms with Gasteiger partial charge in [-0.15, -0.1) is 0 Å². The smallest absolute Gasteiger partial charge is 0.245 e. The van der Waals surface area contributed by atoms with Gasteiger partial charge in [-0.3, -0.25) is 0 Å². The predicted molar refractivity (Wildman–Crippen MR) is 95.5 cm³/mol. The third kappa shape index (κ3) is 3.53. The maximum Gasteiger partial charge on any atom is 0.245 e. The second-order valence-electron chi connectivity index (χ2n) is 6.29. The Morgan fingerprint density at radius 2 is 1.80 bits per heavy atom. The lowest BCUT2D eigenvalue weighted by molar-refractivity contribution is 0.314. The predicted octanol–water partition coefficient (Wildman–Crippen LogP) is 1.77. The van der Waals surface area contributed by atoms with Gasteiger partial charge in [0.25, 0.3) is 0 Å². The summed E-state index contributed by atoms with van der Waals surface area (Å²) in [7, 11) is 2.15. The maximum atomic E-state index is 4.79. The van der Waals surface area contributed by atoms with Crippen molar-refractivity contribution in [2.75, 3.05) is 43.4 Å². The Kier molecular flexibility index (Phi) is 4.43. The van der Waals surface area contributed by atoms with Gasteiger partial charge in [-0.25, -0.2) is 14.6 Å². The van der Waals surface area contributed by atoms with Crippen molar-refractivity contribution in [1.29, 1.82) is 0 Å². The van der Waals surface area contributed by atoms with Crippen molar-refractivity contribution in [2.24, 2.45) is 0 Å². The molecule has 0 spiro atoms. The van der Waals surface area contributed by atoms with E-state index in [2.05, 4.69) is 54.6 Å². The van der Waals surface area contributed by atoms with Crippen molar-refractivity contribution in [3.05, 3.63) is 35.9 Å². The van der Waals surface area contributed by atoms with Crippen LogP contribution in [0.15, 0.2) is 35.0 Å². The van der Waals surface area contributed by atoms with E-state index < -0.39 is 0 Å². The molecule has 1 aliphatic rings. The highest BCUT2D eigenvalue weighted by Crippen LogP contribution is 2.25. The molecule has 0 aliphatic carbocycles. The minimum Gasteiger partial charge on any atom is -0.363 e. The number of nitrogens with one attached hydrogen (secondary N) is 1. The van der Waals surface area contributed by atoms with Crippen molar-refractivity contribution in [1.82, 2.24) is 25.2 Å². The summed E-state index contributed by atoms with van der Waals surface area (Å²) in [6.07, 6.45) is 1.09. The topological polar surface area (TPSA) is 83.2 Å². The number of hydrogen-bond acceptors (Lipinski definition) is 8. The van der Waals surface area contributed by atoms with Gasteiger partial charge >= 0.3 is 0 Å². The molecule has 0 amide bonds. The molecule has 8 nitrogen and oxygen atoms in total. The molecule has 0 radical (unpaired) electrons. The lowest BCUT2D eigenvalue weighted by Gasteiger charge is -2.23. The standard InChI is InChI=1S/C17H21N7O/c1-23-8-5-9-24(11-10-23)17-16(18-12-13-6-3-2-4-7-13)19-14-15(20-17)22-25-21-14/h2-4,6-7H,5,8-12H2,1H3,(H,18,19,21). The van der Waals surface area contributed by atoms with Crippen LogP contribution in [0, 0.1) is 0 Å². The molecule has 4 rings (SSSR count). The molecule has 0 atom stereocenters. The Bertz CT molecular complexity index is 835. The second-order valence-corrected chi connectivity index (χ2v) is 6.29. The third-order valence-electron chi connectivity index (χ3n) is 4.42. The first-order chi connectivity index (χ1) is 12.3. The van der Waals surface area contributed by atoms with E-state index in [1.807, 2.05) is 18.2 Å². The minimum absolute atomic E-state index is 0.422. The Morgan fingerprint density at radius 3 is 2.64 bits per heavy atom. The number of likely N-dealkylation sites (N-methyl/N-ethyl adjacent to an activating group) is 1. The van der Waals surface area contributed by atoms with E-state index >= 15 is 0 Å². The van der Waals surface area contributed by atoms with Gasteiger partial charge in [0.1, 0.15) is 0 Å². The molecule has 130 valence electrons. The number of benzene rings is 1. The van der Waals surface area contributed by atoms with Gasteiger partial charge in [-0.05, 0) is 35.9 Å². The molecule has 8 heteroatoms. The molecule has 1 fully saturated rings. The normalized spacial score (nSPS) is 16.1. The molecule has 0 bridgehead atoms. The summed E-state index contributed by atoms with van der Waals surface area (Å²) in [5.41, 5.74) is 2.05. The number of fused-ring (bicyclic) bond motifs is 1. The first-order valence-electron chi connectivity index (χ1n) is 8.51. The summed E-state index contributed by atoms with van der Waals surface area (Å²) in [4.78, 5) is 13.8. The van der Waals surface area contributed by atoms with Gasteiger partial charge < -0.3 is 15.1 Å². The van der Waals surface area contributed by atoms with Gasteiger partial charge in [0.05, 0.1) is 0 Å². The lowest BCUT2D eigenvalue weighted by atomic mass is 10.2. The van der Waals surface area contributed by atoms with Gasteiger partial charge in [0.15, 0.2) is 11.6 Å². The first-order valence-corrected chi connectivity index (χ1v) is 8.51. The van der Waals surface area contributed by atoms with E-state index in [0.29, 0.717) is 17.8 Å². The Hall–Kier alpha value is -2.74. The van der Waals surface area contributed by atoms with E-state index in [9.17, 15) is 0 Å². The zero-order valence-electron chi connectivity index (χ0n) is 14.2. The van der Waals surface area contributed by atoms with E-state index in [-0.39, 0.29) is 0 Å². The van der Waals surface area contributed by atoms with Crippen LogP contribution >= 0.6 is 0 Å². The maximum absolute atomic E-state index is 4.79. The summed E-state index contributed by atoms with van der Waals surface area (Å²) < 4.78 is 4.79. The van der Waals surface area contributed by atoms with E-state index in [1.54, 1.807) is 0 Å². The van der Waals surface area contributed by atoms with Gasteiger partial charge in [0, 0.05) is 26.2 Å². The fourth-order valence-electron chi connectivity index (χ4n) is 3.01. The van der Waals surface area contributed by atoms with E-state index in [1.165, 1.54) is 5.56 Å². The highest BCUT2D eigenvalue weighted by atomic mass is 16.6. The number of nitrogens with zero attached hydrogens (tertiary/aromatic N) is 6. The Labute approximate surface area is 145 Å². The highest BCUT2D eigenvalue weighted by molar-refractivity contribution is 5.74. The van der Waals surface area contributed by atoms with Crippen molar-refractivity contribution in [3.8, 4) is 0 Å². The molecule has 1 saturated heterocycles. The van der Waals surface area contributed by atoms with Crippen LogP contribution in [0.2, 0.25) is 0 Å². The van der Waals surface area contributed by atoms with Crippen LogP contribution in [0.5, 0.6) is 0 Å². The third-order valence-corrected chi connectivity index (χ3v) is 4.42. The molecule has 1 aliphatic heterocycles. The van der Waals surface area contributed by atoms with Crippen molar-refractivity contribution >= 4 is 22.9 Å². The molecule has 3 heterocycles. The molecule has 0 saturated carbocycles. The van der Waals surface area contributed by atoms with Crippen molar-refractivity contribution in [2.45, 2.75) is 13.0 Å². The number of aromatic nitrogens is 4. The second kappa shape index (κ2) is 7.02.